The van der Waals surface area contributed by atoms with Gasteiger partial charge in [0, 0.05) is 10.0 Å². The summed E-state index contributed by atoms with van der Waals surface area (Å²) in [7, 11) is 0. The fourth-order valence-electron chi connectivity index (χ4n) is 1.67. The molecule has 2 aromatic rings. The maximum absolute atomic E-state index is 12.7. The Bertz CT molecular complexity index is 603. The van der Waals surface area contributed by atoms with Gasteiger partial charge >= 0.3 is 6.18 Å². The Kier molecular flexibility index (Phi) is 3.75. The molecule has 0 amide bonds. The Labute approximate surface area is 116 Å². The predicted octanol–water partition coefficient (Wildman–Crippen LogP) is 4.95. The van der Waals surface area contributed by atoms with Crippen molar-refractivity contribution in [3.63, 3.8) is 0 Å². The summed E-state index contributed by atoms with van der Waals surface area (Å²) in [5.41, 5.74) is 0.836. The fourth-order valence-corrected chi connectivity index (χ4v) is 2.17. The molecular weight excluding hydrogens is 321 g/mol. The Balaban J connectivity index is 2.49. The van der Waals surface area contributed by atoms with Crippen LogP contribution >= 0.6 is 15.9 Å². The molecule has 5 heteroatoms. The predicted molar refractivity (Wildman–Crippen MR) is 70.0 cm³/mol. The van der Waals surface area contributed by atoms with Gasteiger partial charge in [-0.1, -0.05) is 40.2 Å². The van der Waals surface area contributed by atoms with Crippen LogP contribution in [0.1, 0.15) is 15.9 Å². The number of halogens is 4. The molecule has 98 valence electrons. The summed E-state index contributed by atoms with van der Waals surface area (Å²) < 4.78 is 38.5. The summed E-state index contributed by atoms with van der Waals surface area (Å²) in [6.45, 7) is 0. The average molecular weight is 329 g/mol. The smallest absolute Gasteiger partial charge is 0.298 e. The number of carbonyl (C=O) groups is 1. The van der Waals surface area contributed by atoms with E-state index in [0.717, 1.165) is 12.1 Å². The van der Waals surface area contributed by atoms with Crippen LogP contribution in [0, 0.1) is 0 Å². The number of hydrogen-bond donors (Lipinski definition) is 0. The van der Waals surface area contributed by atoms with Crippen molar-refractivity contribution in [3.05, 3.63) is 58.1 Å². The molecule has 0 saturated carbocycles. The number of benzene rings is 2. The maximum Gasteiger partial charge on any atom is 0.416 e. The van der Waals surface area contributed by atoms with Crippen molar-refractivity contribution in [2.24, 2.45) is 0 Å². The molecule has 2 rings (SSSR count). The second-order valence-electron chi connectivity index (χ2n) is 3.97. The Morgan fingerprint density at radius 1 is 0.947 bits per heavy atom. The van der Waals surface area contributed by atoms with Crippen LogP contribution in [0.25, 0.3) is 11.1 Å². The van der Waals surface area contributed by atoms with Gasteiger partial charge in [0.15, 0.2) is 0 Å². The Morgan fingerprint density at radius 3 is 2.11 bits per heavy atom. The molecule has 0 spiro atoms. The van der Waals surface area contributed by atoms with Crippen LogP contribution in [0.2, 0.25) is 0 Å². The highest BCUT2D eigenvalue weighted by Gasteiger charge is 2.31. The van der Waals surface area contributed by atoms with E-state index in [1.807, 2.05) is 0 Å². The van der Waals surface area contributed by atoms with E-state index in [-0.39, 0.29) is 0 Å². The molecule has 0 heterocycles. The molecule has 0 atom stereocenters. The van der Waals surface area contributed by atoms with Gasteiger partial charge in [0.1, 0.15) is 6.29 Å². The first kappa shape index (κ1) is 13.8. The standard InChI is InChI=1S/C14H8BrF3O/c15-13-6-11(5-12(7-13)14(16,17)18)10-3-1-9(8-19)2-4-10/h1-8H. The summed E-state index contributed by atoms with van der Waals surface area (Å²) in [4.78, 5) is 10.5. The summed E-state index contributed by atoms with van der Waals surface area (Å²) in [6, 6.07) is 10.1. The second-order valence-corrected chi connectivity index (χ2v) is 4.88. The lowest BCUT2D eigenvalue weighted by molar-refractivity contribution is -0.137. The van der Waals surface area contributed by atoms with Gasteiger partial charge in [0.2, 0.25) is 0 Å². The molecule has 19 heavy (non-hydrogen) atoms. The molecule has 0 radical (unpaired) electrons. The molecule has 0 aliphatic heterocycles. The first-order chi connectivity index (χ1) is 8.90. The lowest BCUT2D eigenvalue weighted by atomic mass is 10.0. The van der Waals surface area contributed by atoms with Crippen LogP contribution < -0.4 is 0 Å². The van der Waals surface area contributed by atoms with Gasteiger partial charge in [-0.25, -0.2) is 0 Å². The highest BCUT2D eigenvalue weighted by atomic mass is 79.9. The van der Waals surface area contributed by atoms with Crippen molar-refractivity contribution < 1.29 is 18.0 Å². The average Bonchev–Trinajstić information content (AvgIpc) is 2.37. The summed E-state index contributed by atoms with van der Waals surface area (Å²) in [5.74, 6) is 0. The number of aldehydes is 1. The topological polar surface area (TPSA) is 17.1 Å². The van der Waals surface area contributed by atoms with Crippen LogP contribution in [-0.2, 0) is 6.18 Å². The van der Waals surface area contributed by atoms with Gasteiger partial charge in [-0.15, -0.1) is 0 Å². The largest absolute Gasteiger partial charge is 0.416 e. The maximum atomic E-state index is 12.7. The SMILES string of the molecule is O=Cc1ccc(-c2cc(Br)cc(C(F)(F)F)c2)cc1. The molecule has 0 aromatic heterocycles. The van der Waals surface area contributed by atoms with Crippen molar-refractivity contribution in [1.29, 1.82) is 0 Å². The van der Waals surface area contributed by atoms with Gasteiger partial charge in [0.25, 0.3) is 0 Å². The van der Waals surface area contributed by atoms with Crippen molar-refractivity contribution in [2.45, 2.75) is 6.18 Å². The van der Waals surface area contributed by atoms with E-state index >= 15 is 0 Å². The monoisotopic (exact) mass is 328 g/mol. The van der Waals surface area contributed by atoms with Crippen molar-refractivity contribution in [2.75, 3.05) is 0 Å². The van der Waals surface area contributed by atoms with E-state index in [1.54, 1.807) is 30.3 Å². The van der Waals surface area contributed by atoms with Crippen molar-refractivity contribution in [3.8, 4) is 11.1 Å². The Hall–Kier alpha value is -1.62. The van der Waals surface area contributed by atoms with Gasteiger partial charge < -0.3 is 0 Å². The van der Waals surface area contributed by atoms with Crippen LogP contribution in [0.3, 0.4) is 0 Å². The van der Waals surface area contributed by atoms with E-state index in [1.165, 1.54) is 0 Å². The first-order valence-electron chi connectivity index (χ1n) is 5.33. The van der Waals surface area contributed by atoms with Crippen LogP contribution in [0.4, 0.5) is 13.2 Å². The highest BCUT2D eigenvalue weighted by Crippen LogP contribution is 2.34. The zero-order valence-corrected chi connectivity index (χ0v) is 11.1. The number of rotatable bonds is 2. The molecular formula is C14H8BrF3O. The molecule has 0 N–H and O–H groups in total. The molecule has 0 aliphatic rings. The molecule has 0 aliphatic carbocycles. The highest BCUT2D eigenvalue weighted by molar-refractivity contribution is 9.10. The van der Waals surface area contributed by atoms with Crippen LogP contribution in [0.5, 0.6) is 0 Å². The minimum Gasteiger partial charge on any atom is -0.298 e. The van der Waals surface area contributed by atoms with E-state index in [2.05, 4.69) is 15.9 Å². The zero-order chi connectivity index (χ0) is 14.0. The summed E-state index contributed by atoms with van der Waals surface area (Å²) >= 11 is 3.07. The second kappa shape index (κ2) is 5.17. The normalized spacial score (nSPS) is 11.4. The van der Waals surface area contributed by atoms with E-state index in [9.17, 15) is 18.0 Å². The van der Waals surface area contributed by atoms with Gasteiger partial charge in [-0.2, -0.15) is 13.2 Å². The van der Waals surface area contributed by atoms with E-state index < -0.39 is 11.7 Å². The third kappa shape index (κ3) is 3.23. The molecule has 0 fully saturated rings. The van der Waals surface area contributed by atoms with Gasteiger partial charge in [-0.3, -0.25) is 4.79 Å². The van der Waals surface area contributed by atoms with Gasteiger partial charge in [0.05, 0.1) is 5.56 Å². The quantitative estimate of drug-likeness (QED) is 0.713. The minimum absolute atomic E-state index is 0.358. The van der Waals surface area contributed by atoms with E-state index in [0.29, 0.717) is 27.4 Å². The third-order valence-electron chi connectivity index (χ3n) is 2.61. The summed E-state index contributed by atoms with van der Waals surface area (Å²) in [6.07, 6.45) is -3.70. The molecule has 0 saturated heterocycles. The van der Waals surface area contributed by atoms with Crippen molar-refractivity contribution in [1.82, 2.24) is 0 Å². The lowest BCUT2D eigenvalue weighted by Crippen LogP contribution is -2.04. The zero-order valence-electron chi connectivity index (χ0n) is 9.54. The Morgan fingerprint density at radius 2 is 1.58 bits per heavy atom. The van der Waals surface area contributed by atoms with E-state index in [4.69, 9.17) is 0 Å². The molecule has 1 nitrogen and oxygen atoms in total. The molecule has 0 unspecified atom stereocenters. The van der Waals surface area contributed by atoms with Crippen molar-refractivity contribution >= 4 is 22.2 Å². The summed E-state index contributed by atoms with van der Waals surface area (Å²) in [5, 5.41) is 0. The van der Waals surface area contributed by atoms with Crippen LogP contribution in [-0.4, -0.2) is 6.29 Å². The fraction of sp³-hybridized carbons (Fsp3) is 0.0714. The minimum atomic E-state index is -4.39. The molecule has 2 aromatic carbocycles. The lowest BCUT2D eigenvalue weighted by Gasteiger charge is -2.10. The number of hydrogen-bond acceptors (Lipinski definition) is 1. The molecule has 0 bridgehead atoms. The third-order valence-corrected chi connectivity index (χ3v) is 3.06. The number of carbonyl (C=O) groups excluding carboxylic acids is 1. The number of alkyl halides is 3. The first-order valence-corrected chi connectivity index (χ1v) is 6.13. The van der Waals surface area contributed by atoms with Gasteiger partial charge in [-0.05, 0) is 29.3 Å². The van der Waals surface area contributed by atoms with Crippen LogP contribution in [0.15, 0.2) is 46.9 Å².